The Kier molecular flexibility index (Phi) is 5.42. The monoisotopic (exact) mass is 370 g/mol. The number of nitrogens with zero attached hydrogens (tertiary/aromatic N) is 2. The molecule has 0 spiro atoms. The molecule has 0 radical (unpaired) electrons. The minimum absolute atomic E-state index is 0.356. The van der Waals surface area contributed by atoms with E-state index < -0.39 is 5.82 Å². The molecular formula is C20H19FN2O2S. The number of halogens is 1. The van der Waals surface area contributed by atoms with Crippen molar-refractivity contribution in [3.8, 4) is 0 Å². The molecule has 0 atom stereocenters. The summed E-state index contributed by atoms with van der Waals surface area (Å²) in [7, 11) is 0. The van der Waals surface area contributed by atoms with Gasteiger partial charge in [-0.25, -0.2) is 9.29 Å². The molecule has 0 aliphatic carbocycles. The van der Waals surface area contributed by atoms with Crippen LogP contribution in [0, 0.1) is 5.82 Å². The van der Waals surface area contributed by atoms with Gasteiger partial charge in [0.25, 0.3) is 11.1 Å². The predicted molar refractivity (Wildman–Crippen MR) is 105 cm³/mol. The van der Waals surface area contributed by atoms with Gasteiger partial charge in [-0.15, -0.1) is 0 Å². The Morgan fingerprint density at radius 2 is 1.62 bits per heavy atom. The molecule has 2 amide bonds. The van der Waals surface area contributed by atoms with Gasteiger partial charge in [0.1, 0.15) is 5.82 Å². The van der Waals surface area contributed by atoms with Crippen molar-refractivity contribution in [1.82, 2.24) is 0 Å². The zero-order valence-electron chi connectivity index (χ0n) is 14.6. The van der Waals surface area contributed by atoms with Crippen LogP contribution >= 0.6 is 11.8 Å². The molecule has 134 valence electrons. The number of carbonyl (C=O) groups excluding carboxylic acids is 2. The van der Waals surface area contributed by atoms with E-state index in [0.29, 0.717) is 10.6 Å². The molecule has 3 rings (SSSR count). The number of hydrogen-bond donors (Lipinski definition) is 0. The summed E-state index contributed by atoms with van der Waals surface area (Å²) in [5.41, 5.74) is 2.34. The van der Waals surface area contributed by atoms with E-state index in [0.717, 1.165) is 41.0 Å². The lowest BCUT2D eigenvalue weighted by Gasteiger charge is -2.20. The van der Waals surface area contributed by atoms with Gasteiger partial charge in [0.05, 0.1) is 10.6 Å². The quantitative estimate of drug-likeness (QED) is 0.701. The van der Waals surface area contributed by atoms with E-state index in [1.54, 1.807) is 6.08 Å². The zero-order chi connectivity index (χ0) is 18.7. The highest BCUT2D eigenvalue weighted by Crippen LogP contribution is 2.35. The average Bonchev–Trinajstić information content (AvgIpc) is 2.92. The number of hydrogen-bond acceptors (Lipinski definition) is 4. The molecule has 2 aromatic carbocycles. The van der Waals surface area contributed by atoms with Gasteiger partial charge in [-0.2, -0.15) is 0 Å². The topological polar surface area (TPSA) is 40.6 Å². The normalized spacial score (nSPS) is 15.8. The molecule has 0 unspecified atom stereocenters. The van der Waals surface area contributed by atoms with Crippen LogP contribution in [0.1, 0.15) is 19.4 Å². The lowest BCUT2D eigenvalue weighted by Crippen LogP contribution is -2.27. The van der Waals surface area contributed by atoms with Crippen molar-refractivity contribution in [3.05, 3.63) is 64.8 Å². The first-order chi connectivity index (χ1) is 12.5. The van der Waals surface area contributed by atoms with Crippen molar-refractivity contribution in [1.29, 1.82) is 0 Å². The summed E-state index contributed by atoms with van der Waals surface area (Å²) >= 11 is 0.890. The molecule has 1 heterocycles. The van der Waals surface area contributed by atoms with Crippen molar-refractivity contribution < 1.29 is 14.0 Å². The molecule has 6 heteroatoms. The Morgan fingerprint density at radius 3 is 2.19 bits per heavy atom. The summed E-state index contributed by atoms with van der Waals surface area (Å²) in [4.78, 5) is 28.5. The average molecular weight is 370 g/mol. The highest BCUT2D eigenvalue weighted by atomic mass is 32.2. The van der Waals surface area contributed by atoms with Gasteiger partial charge in [0, 0.05) is 18.8 Å². The molecule has 1 aliphatic heterocycles. The number of carbonyl (C=O) groups is 2. The van der Waals surface area contributed by atoms with Crippen LogP contribution < -0.4 is 9.80 Å². The fourth-order valence-corrected chi connectivity index (χ4v) is 3.64. The second-order valence-electron chi connectivity index (χ2n) is 5.76. The Hall–Kier alpha value is -2.60. The lowest BCUT2D eigenvalue weighted by atomic mass is 10.1. The van der Waals surface area contributed by atoms with E-state index in [4.69, 9.17) is 0 Å². The van der Waals surface area contributed by atoms with Gasteiger partial charge in [-0.05, 0) is 73.6 Å². The molecule has 1 fully saturated rings. The van der Waals surface area contributed by atoms with Crippen LogP contribution in [0.3, 0.4) is 0 Å². The van der Waals surface area contributed by atoms with Crippen LogP contribution in [0.15, 0.2) is 53.4 Å². The van der Waals surface area contributed by atoms with E-state index in [-0.39, 0.29) is 11.1 Å². The maximum Gasteiger partial charge on any atom is 0.298 e. The Bertz CT molecular complexity index is 843. The molecule has 0 N–H and O–H groups in total. The number of anilines is 2. The third kappa shape index (κ3) is 3.65. The van der Waals surface area contributed by atoms with Crippen molar-refractivity contribution in [2.45, 2.75) is 13.8 Å². The predicted octanol–water partition coefficient (Wildman–Crippen LogP) is 4.91. The van der Waals surface area contributed by atoms with Gasteiger partial charge in [0.2, 0.25) is 0 Å². The summed E-state index contributed by atoms with van der Waals surface area (Å²) in [6.45, 7) is 6.05. The Morgan fingerprint density at radius 1 is 1.00 bits per heavy atom. The van der Waals surface area contributed by atoms with E-state index >= 15 is 0 Å². The standard InChI is InChI=1S/C20H19FN2O2S/c1-3-22(4-2)16-9-5-14(6-10-16)13-18-19(24)23(20(25)26-18)17-11-7-15(21)8-12-17/h5-13H,3-4H2,1-2H3/b18-13-. The maximum atomic E-state index is 13.1. The first-order valence-electron chi connectivity index (χ1n) is 8.42. The summed E-state index contributed by atoms with van der Waals surface area (Å²) < 4.78 is 13.1. The summed E-state index contributed by atoms with van der Waals surface area (Å²) in [5.74, 6) is -0.802. The van der Waals surface area contributed by atoms with Crippen molar-refractivity contribution in [2.24, 2.45) is 0 Å². The van der Waals surface area contributed by atoms with Crippen LogP contribution in [-0.2, 0) is 4.79 Å². The second kappa shape index (κ2) is 7.74. The largest absolute Gasteiger partial charge is 0.372 e. The second-order valence-corrected chi connectivity index (χ2v) is 6.75. The molecule has 26 heavy (non-hydrogen) atoms. The SMILES string of the molecule is CCN(CC)c1ccc(/C=C2\SC(=O)N(c3ccc(F)cc3)C2=O)cc1. The number of amides is 2. The van der Waals surface area contributed by atoms with Crippen molar-refractivity contribution in [3.63, 3.8) is 0 Å². The molecule has 1 saturated heterocycles. The summed E-state index contributed by atoms with van der Waals surface area (Å²) in [6.07, 6.45) is 1.71. The fraction of sp³-hybridized carbons (Fsp3) is 0.200. The third-order valence-corrected chi connectivity index (χ3v) is 5.07. The van der Waals surface area contributed by atoms with Gasteiger partial charge in [-0.1, -0.05) is 12.1 Å². The molecule has 0 bridgehead atoms. The molecule has 0 saturated carbocycles. The van der Waals surface area contributed by atoms with E-state index in [1.807, 2.05) is 24.3 Å². The Labute approximate surface area is 156 Å². The van der Waals surface area contributed by atoms with Crippen LogP contribution in [0.4, 0.5) is 20.6 Å². The molecule has 2 aromatic rings. The van der Waals surface area contributed by atoms with Crippen LogP contribution in [0.2, 0.25) is 0 Å². The number of benzene rings is 2. The smallest absolute Gasteiger partial charge is 0.298 e. The molecule has 0 aromatic heterocycles. The van der Waals surface area contributed by atoms with Gasteiger partial charge in [0.15, 0.2) is 0 Å². The number of rotatable bonds is 5. The number of thioether (sulfide) groups is 1. The maximum absolute atomic E-state index is 13.1. The van der Waals surface area contributed by atoms with E-state index in [9.17, 15) is 14.0 Å². The fourth-order valence-electron chi connectivity index (χ4n) is 2.80. The molecule has 1 aliphatic rings. The van der Waals surface area contributed by atoms with E-state index in [2.05, 4.69) is 18.7 Å². The zero-order valence-corrected chi connectivity index (χ0v) is 15.4. The molecule has 4 nitrogen and oxygen atoms in total. The van der Waals surface area contributed by atoms with Gasteiger partial charge < -0.3 is 4.90 Å². The first-order valence-corrected chi connectivity index (χ1v) is 9.23. The first kappa shape index (κ1) is 18.2. The van der Waals surface area contributed by atoms with E-state index in [1.165, 1.54) is 24.3 Å². The van der Waals surface area contributed by atoms with Crippen molar-refractivity contribution in [2.75, 3.05) is 22.9 Å². The minimum atomic E-state index is -0.412. The molecular weight excluding hydrogens is 351 g/mol. The summed E-state index contributed by atoms with van der Waals surface area (Å²) in [6, 6.07) is 13.2. The third-order valence-electron chi connectivity index (χ3n) is 4.20. The van der Waals surface area contributed by atoms with Crippen LogP contribution in [-0.4, -0.2) is 24.2 Å². The highest BCUT2D eigenvalue weighted by molar-refractivity contribution is 8.19. The summed E-state index contributed by atoms with van der Waals surface area (Å²) in [5, 5.41) is -0.382. The van der Waals surface area contributed by atoms with Gasteiger partial charge >= 0.3 is 0 Å². The lowest BCUT2D eigenvalue weighted by molar-refractivity contribution is -0.113. The van der Waals surface area contributed by atoms with Crippen LogP contribution in [0.5, 0.6) is 0 Å². The Balaban J connectivity index is 1.82. The van der Waals surface area contributed by atoms with Crippen molar-refractivity contribution >= 4 is 40.4 Å². The van der Waals surface area contributed by atoms with Crippen LogP contribution in [0.25, 0.3) is 6.08 Å². The van der Waals surface area contributed by atoms with Gasteiger partial charge in [-0.3, -0.25) is 9.59 Å². The number of imide groups is 1. The minimum Gasteiger partial charge on any atom is -0.372 e. The highest BCUT2D eigenvalue weighted by Gasteiger charge is 2.36.